The van der Waals surface area contributed by atoms with Crippen LogP contribution in [0.25, 0.3) is 11.6 Å². The molecule has 11 heteroatoms. The smallest absolute Gasteiger partial charge is 0.247 e. The molecule has 9 nitrogen and oxygen atoms in total. The molecule has 1 atom stereocenters. The Bertz CT molecular complexity index is 1340. The SMILES string of the molecule is Cc1ccc(-c2nnn(CC(=O)N(Cc3cccs3)[C@@H](C(=O)NC3CCCC3)c3ccc(F)cc3)n2)o1. The van der Waals surface area contributed by atoms with Crippen molar-refractivity contribution in [3.63, 3.8) is 0 Å². The molecule has 2 amide bonds. The van der Waals surface area contributed by atoms with Crippen LogP contribution in [0.1, 0.15) is 47.9 Å². The molecule has 0 radical (unpaired) electrons. The second-order valence-electron chi connectivity index (χ2n) is 9.10. The maximum atomic E-state index is 13.8. The lowest BCUT2D eigenvalue weighted by Crippen LogP contribution is -2.46. The number of tetrazole rings is 1. The Kier molecular flexibility index (Phi) is 7.40. The zero-order valence-electron chi connectivity index (χ0n) is 20.3. The van der Waals surface area contributed by atoms with Gasteiger partial charge in [0.15, 0.2) is 5.76 Å². The van der Waals surface area contributed by atoms with Crippen LogP contribution in [-0.2, 0) is 22.7 Å². The van der Waals surface area contributed by atoms with E-state index < -0.39 is 11.9 Å². The first-order chi connectivity index (χ1) is 18.0. The fourth-order valence-electron chi connectivity index (χ4n) is 4.54. The maximum Gasteiger partial charge on any atom is 0.247 e. The van der Waals surface area contributed by atoms with Crippen molar-refractivity contribution in [1.82, 2.24) is 30.4 Å². The monoisotopic (exact) mass is 522 g/mol. The number of benzene rings is 1. The van der Waals surface area contributed by atoms with Gasteiger partial charge in [-0.2, -0.15) is 4.80 Å². The summed E-state index contributed by atoms with van der Waals surface area (Å²) >= 11 is 1.49. The van der Waals surface area contributed by atoms with Crippen LogP contribution < -0.4 is 5.32 Å². The van der Waals surface area contributed by atoms with Crippen molar-refractivity contribution in [2.75, 3.05) is 0 Å². The van der Waals surface area contributed by atoms with Gasteiger partial charge in [-0.3, -0.25) is 9.59 Å². The van der Waals surface area contributed by atoms with E-state index in [2.05, 4.69) is 20.7 Å². The number of thiophene rings is 1. The number of amides is 2. The Morgan fingerprint density at radius 1 is 1.19 bits per heavy atom. The number of furan rings is 1. The zero-order valence-corrected chi connectivity index (χ0v) is 21.2. The molecule has 1 saturated carbocycles. The van der Waals surface area contributed by atoms with Gasteiger partial charge in [-0.25, -0.2) is 4.39 Å². The third-order valence-electron chi connectivity index (χ3n) is 6.36. The average Bonchev–Trinajstić information content (AvgIpc) is 3.69. The van der Waals surface area contributed by atoms with Crippen LogP contribution >= 0.6 is 11.3 Å². The van der Waals surface area contributed by atoms with Crippen molar-refractivity contribution in [2.45, 2.75) is 57.8 Å². The Morgan fingerprint density at radius 3 is 2.65 bits per heavy atom. The van der Waals surface area contributed by atoms with Gasteiger partial charge in [-0.1, -0.05) is 31.0 Å². The fourth-order valence-corrected chi connectivity index (χ4v) is 5.24. The number of carbonyl (C=O) groups is 2. The molecule has 5 rings (SSSR count). The van der Waals surface area contributed by atoms with Crippen molar-refractivity contribution >= 4 is 23.2 Å². The summed E-state index contributed by atoms with van der Waals surface area (Å²) in [6.07, 6.45) is 3.91. The minimum Gasteiger partial charge on any atom is -0.458 e. The van der Waals surface area contributed by atoms with E-state index >= 15 is 0 Å². The normalized spacial score (nSPS) is 14.5. The summed E-state index contributed by atoms with van der Waals surface area (Å²) in [5.74, 6) is 0.347. The molecule has 0 saturated heterocycles. The van der Waals surface area contributed by atoms with Crippen molar-refractivity contribution in [3.8, 4) is 11.6 Å². The lowest BCUT2D eigenvalue weighted by Gasteiger charge is -2.32. The van der Waals surface area contributed by atoms with E-state index in [0.29, 0.717) is 17.1 Å². The second-order valence-corrected chi connectivity index (χ2v) is 10.1. The zero-order chi connectivity index (χ0) is 25.8. The van der Waals surface area contributed by atoms with Gasteiger partial charge in [0, 0.05) is 10.9 Å². The first-order valence-electron chi connectivity index (χ1n) is 12.2. The number of rotatable bonds is 9. The topological polar surface area (TPSA) is 106 Å². The Labute approximate surface area is 217 Å². The van der Waals surface area contributed by atoms with Crippen LogP contribution in [0.5, 0.6) is 0 Å². The first-order valence-corrected chi connectivity index (χ1v) is 13.1. The number of aryl methyl sites for hydroxylation is 1. The highest BCUT2D eigenvalue weighted by atomic mass is 32.1. The Balaban J connectivity index is 1.44. The molecular formula is C26H27FN6O3S. The number of nitrogens with one attached hydrogen (secondary N) is 1. The van der Waals surface area contributed by atoms with Gasteiger partial charge in [0.2, 0.25) is 17.6 Å². The van der Waals surface area contributed by atoms with E-state index in [1.54, 1.807) is 24.3 Å². The molecule has 3 heterocycles. The molecule has 0 bridgehead atoms. The van der Waals surface area contributed by atoms with Crippen LogP contribution in [0.2, 0.25) is 0 Å². The molecule has 1 fully saturated rings. The minimum absolute atomic E-state index is 0.0606. The van der Waals surface area contributed by atoms with E-state index in [4.69, 9.17) is 4.42 Å². The van der Waals surface area contributed by atoms with E-state index in [1.807, 2.05) is 24.4 Å². The first kappa shape index (κ1) is 24.8. The Hall–Kier alpha value is -3.86. The summed E-state index contributed by atoms with van der Waals surface area (Å²) in [6.45, 7) is 1.79. The number of nitrogens with zero attached hydrogens (tertiary/aromatic N) is 5. The molecule has 1 N–H and O–H groups in total. The highest BCUT2D eigenvalue weighted by Crippen LogP contribution is 2.27. The summed E-state index contributed by atoms with van der Waals surface area (Å²) in [6, 6.07) is 12.1. The van der Waals surface area contributed by atoms with Crippen LogP contribution in [0.15, 0.2) is 58.3 Å². The van der Waals surface area contributed by atoms with Gasteiger partial charge < -0.3 is 14.6 Å². The fraction of sp³-hybridized carbons (Fsp3) is 0.346. The predicted molar refractivity (Wildman–Crippen MR) is 135 cm³/mol. The number of aromatic nitrogens is 4. The molecule has 1 aliphatic carbocycles. The highest BCUT2D eigenvalue weighted by molar-refractivity contribution is 7.09. The molecule has 0 spiro atoms. The molecule has 37 heavy (non-hydrogen) atoms. The number of hydrogen-bond donors (Lipinski definition) is 1. The van der Waals surface area contributed by atoms with Crippen LogP contribution in [0, 0.1) is 12.7 Å². The van der Waals surface area contributed by atoms with Crippen molar-refractivity contribution < 1.29 is 18.4 Å². The minimum atomic E-state index is -0.952. The van der Waals surface area contributed by atoms with E-state index in [9.17, 15) is 14.0 Å². The molecule has 0 aliphatic heterocycles. The lowest BCUT2D eigenvalue weighted by molar-refractivity contribution is -0.142. The third kappa shape index (κ3) is 5.93. The largest absolute Gasteiger partial charge is 0.458 e. The van der Waals surface area contributed by atoms with Crippen LogP contribution in [0.4, 0.5) is 4.39 Å². The molecule has 1 aromatic carbocycles. The predicted octanol–water partition coefficient (Wildman–Crippen LogP) is 4.27. The molecule has 1 aliphatic rings. The molecular weight excluding hydrogens is 495 g/mol. The lowest BCUT2D eigenvalue weighted by atomic mass is 10.0. The van der Waals surface area contributed by atoms with Gasteiger partial charge in [0.1, 0.15) is 24.2 Å². The van der Waals surface area contributed by atoms with Gasteiger partial charge in [0.05, 0.1) is 6.54 Å². The maximum absolute atomic E-state index is 13.8. The van der Waals surface area contributed by atoms with Gasteiger partial charge in [-0.05, 0) is 66.3 Å². The van der Waals surface area contributed by atoms with Crippen molar-refractivity contribution in [3.05, 3.63) is 75.9 Å². The van der Waals surface area contributed by atoms with Gasteiger partial charge in [-0.15, -0.1) is 21.5 Å². The van der Waals surface area contributed by atoms with Crippen LogP contribution in [0.3, 0.4) is 0 Å². The van der Waals surface area contributed by atoms with Crippen LogP contribution in [-0.4, -0.2) is 43.0 Å². The summed E-state index contributed by atoms with van der Waals surface area (Å²) in [7, 11) is 0. The van der Waals surface area contributed by atoms with E-state index in [0.717, 1.165) is 30.6 Å². The quantitative estimate of drug-likeness (QED) is 0.352. The number of carbonyl (C=O) groups excluding carboxylic acids is 2. The van der Waals surface area contributed by atoms with E-state index in [-0.39, 0.29) is 36.8 Å². The molecule has 3 aromatic heterocycles. The molecule has 0 unspecified atom stereocenters. The highest BCUT2D eigenvalue weighted by Gasteiger charge is 2.34. The second kappa shape index (κ2) is 11.0. The molecule has 192 valence electrons. The summed E-state index contributed by atoms with van der Waals surface area (Å²) < 4.78 is 19.3. The summed E-state index contributed by atoms with van der Waals surface area (Å²) in [4.78, 5) is 31.0. The Morgan fingerprint density at radius 2 is 1.97 bits per heavy atom. The third-order valence-corrected chi connectivity index (χ3v) is 7.23. The average molecular weight is 523 g/mol. The number of hydrogen-bond acceptors (Lipinski definition) is 7. The van der Waals surface area contributed by atoms with E-state index in [1.165, 1.54) is 33.2 Å². The van der Waals surface area contributed by atoms with Gasteiger partial charge >= 0.3 is 0 Å². The summed E-state index contributed by atoms with van der Waals surface area (Å²) in [5.41, 5.74) is 0.528. The van der Waals surface area contributed by atoms with Crippen molar-refractivity contribution in [2.24, 2.45) is 0 Å². The van der Waals surface area contributed by atoms with Crippen molar-refractivity contribution in [1.29, 1.82) is 0 Å². The summed E-state index contributed by atoms with van der Waals surface area (Å²) in [5, 5.41) is 17.3. The van der Waals surface area contributed by atoms with Gasteiger partial charge in [0.25, 0.3) is 0 Å². The number of halogens is 1. The standard InChI is InChI=1S/C26H27FN6O3S/c1-17-8-13-22(36-17)25-29-31-33(30-25)16-23(34)32(15-21-7-4-14-37-21)24(18-9-11-19(27)12-10-18)26(35)28-20-5-2-3-6-20/h4,7-14,20,24H,2-3,5-6,15-16H2,1H3,(H,28,35)/t24-/m1/s1. The molecule has 4 aromatic rings.